The van der Waals surface area contributed by atoms with Crippen molar-refractivity contribution in [1.29, 1.82) is 0 Å². The number of aromatic amines is 1. The number of nitrogens with zero attached hydrogens (tertiary/aromatic N) is 1. The van der Waals surface area contributed by atoms with Crippen LogP contribution in [-0.4, -0.2) is 22.1 Å². The standard InChI is InChI=1S/C15H20N4O/c1-3-10(2)14(16)15(20)18-12-6-4-5-11(9-12)13-7-8-17-19-13/h4-10,14H,3,16H2,1-2H3,(H,17,19)(H,18,20)/t10-,14-/m0/s1. The van der Waals surface area contributed by atoms with Gasteiger partial charge in [-0.2, -0.15) is 5.10 Å². The number of carbonyl (C=O) groups excluding carboxylic acids is 1. The number of rotatable bonds is 5. The second-order valence-corrected chi connectivity index (χ2v) is 4.95. The molecule has 0 aliphatic heterocycles. The zero-order valence-electron chi connectivity index (χ0n) is 11.8. The Balaban J connectivity index is 2.10. The van der Waals surface area contributed by atoms with Crippen molar-refractivity contribution in [3.05, 3.63) is 36.5 Å². The van der Waals surface area contributed by atoms with E-state index in [1.54, 1.807) is 6.20 Å². The number of anilines is 1. The summed E-state index contributed by atoms with van der Waals surface area (Å²) in [6, 6.07) is 8.98. The van der Waals surface area contributed by atoms with Gasteiger partial charge in [-0.1, -0.05) is 32.4 Å². The first-order valence-electron chi connectivity index (χ1n) is 6.78. The first kappa shape index (κ1) is 14.3. The molecule has 4 N–H and O–H groups in total. The topological polar surface area (TPSA) is 83.8 Å². The lowest BCUT2D eigenvalue weighted by Crippen LogP contribution is -2.40. The highest BCUT2D eigenvalue weighted by Crippen LogP contribution is 2.20. The van der Waals surface area contributed by atoms with Crippen molar-refractivity contribution in [2.75, 3.05) is 5.32 Å². The Bertz CT molecular complexity index is 565. The lowest BCUT2D eigenvalue weighted by molar-refractivity contribution is -0.118. The highest BCUT2D eigenvalue weighted by Gasteiger charge is 2.19. The molecule has 106 valence electrons. The third-order valence-electron chi connectivity index (χ3n) is 3.50. The van der Waals surface area contributed by atoms with Crippen molar-refractivity contribution >= 4 is 11.6 Å². The number of nitrogens with one attached hydrogen (secondary N) is 2. The average molecular weight is 272 g/mol. The van der Waals surface area contributed by atoms with E-state index in [0.717, 1.165) is 23.4 Å². The molecule has 0 unspecified atom stereocenters. The van der Waals surface area contributed by atoms with Crippen molar-refractivity contribution in [3.8, 4) is 11.3 Å². The van der Waals surface area contributed by atoms with Gasteiger partial charge >= 0.3 is 0 Å². The Hall–Kier alpha value is -2.14. The van der Waals surface area contributed by atoms with Crippen molar-refractivity contribution in [3.63, 3.8) is 0 Å². The molecule has 0 aliphatic carbocycles. The predicted octanol–water partition coefficient (Wildman–Crippen LogP) is 2.39. The minimum atomic E-state index is -0.490. The Morgan fingerprint density at radius 2 is 2.25 bits per heavy atom. The maximum Gasteiger partial charge on any atom is 0.241 e. The second-order valence-electron chi connectivity index (χ2n) is 4.95. The van der Waals surface area contributed by atoms with E-state index in [9.17, 15) is 4.79 Å². The molecule has 2 aromatic rings. The van der Waals surface area contributed by atoms with Crippen LogP contribution < -0.4 is 11.1 Å². The normalized spacial score (nSPS) is 13.8. The van der Waals surface area contributed by atoms with E-state index in [1.807, 2.05) is 44.2 Å². The van der Waals surface area contributed by atoms with E-state index in [4.69, 9.17) is 5.73 Å². The lowest BCUT2D eigenvalue weighted by atomic mass is 9.99. The Kier molecular flexibility index (Phi) is 4.53. The summed E-state index contributed by atoms with van der Waals surface area (Å²) in [5.74, 6) is 0.00639. The van der Waals surface area contributed by atoms with Crippen LogP contribution in [0, 0.1) is 5.92 Å². The molecule has 1 aromatic carbocycles. The number of H-pyrrole nitrogens is 1. The van der Waals surface area contributed by atoms with Crippen LogP contribution >= 0.6 is 0 Å². The monoisotopic (exact) mass is 272 g/mol. The minimum Gasteiger partial charge on any atom is -0.325 e. The zero-order chi connectivity index (χ0) is 14.5. The van der Waals surface area contributed by atoms with Gasteiger partial charge in [-0.15, -0.1) is 0 Å². The van der Waals surface area contributed by atoms with Gasteiger partial charge in [0.1, 0.15) is 0 Å². The molecule has 0 saturated heterocycles. The molecule has 1 amide bonds. The fourth-order valence-electron chi connectivity index (χ4n) is 1.92. The van der Waals surface area contributed by atoms with Crippen molar-refractivity contribution in [2.45, 2.75) is 26.3 Å². The van der Waals surface area contributed by atoms with E-state index in [0.29, 0.717) is 0 Å². The summed E-state index contributed by atoms with van der Waals surface area (Å²) in [6.45, 7) is 4.00. The summed E-state index contributed by atoms with van der Waals surface area (Å²) in [5, 5.41) is 9.68. The minimum absolute atomic E-state index is 0.152. The first-order valence-corrected chi connectivity index (χ1v) is 6.78. The third-order valence-corrected chi connectivity index (χ3v) is 3.50. The first-order chi connectivity index (χ1) is 9.61. The maximum absolute atomic E-state index is 12.1. The Labute approximate surface area is 118 Å². The summed E-state index contributed by atoms with van der Waals surface area (Å²) in [4.78, 5) is 12.1. The number of aromatic nitrogens is 2. The van der Waals surface area contributed by atoms with Crippen LogP contribution in [0.15, 0.2) is 36.5 Å². The van der Waals surface area contributed by atoms with E-state index >= 15 is 0 Å². The van der Waals surface area contributed by atoms with Gasteiger partial charge in [0.05, 0.1) is 11.7 Å². The summed E-state index contributed by atoms with van der Waals surface area (Å²) in [5.41, 5.74) is 8.54. The highest BCUT2D eigenvalue weighted by molar-refractivity contribution is 5.95. The maximum atomic E-state index is 12.1. The number of hydrogen-bond donors (Lipinski definition) is 3. The van der Waals surface area contributed by atoms with Gasteiger partial charge in [0, 0.05) is 17.4 Å². The predicted molar refractivity (Wildman–Crippen MR) is 80.1 cm³/mol. The van der Waals surface area contributed by atoms with Gasteiger partial charge < -0.3 is 11.1 Å². The lowest BCUT2D eigenvalue weighted by Gasteiger charge is -2.17. The van der Waals surface area contributed by atoms with E-state index in [2.05, 4.69) is 15.5 Å². The van der Waals surface area contributed by atoms with Gasteiger partial charge in [0.2, 0.25) is 5.91 Å². The van der Waals surface area contributed by atoms with Gasteiger partial charge in [0.15, 0.2) is 0 Å². The molecular weight excluding hydrogens is 252 g/mol. The van der Waals surface area contributed by atoms with Crippen LogP contribution in [-0.2, 0) is 4.79 Å². The highest BCUT2D eigenvalue weighted by atomic mass is 16.2. The SMILES string of the molecule is CC[C@H](C)[C@H](N)C(=O)Nc1cccc(-c2ccn[nH]2)c1. The molecule has 20 heavy (non-hydrogen) atoms. The molecular formula is C15H20N4O. The molecule has 2 rings (SSSR count). The van der Waals surface area contributed by atoms with Crippen LogP contribution in [0.2, 0.25) is 0 Å². The molecule has 2 atom stereocenters. The molecule has 0 spiro atoms. The average Bonchev–Trinajstić information content (AvgIpc) is 3.00. The van der Waals surface area contributed by atoms with Gasteiger partial charge in [-0.3, -0.25) is 9.89 Å². The zero-order valence-corrected chi connectivity index (χ0v) is 11.8. The van der Waals surface area contributed by atoms with Crippen LogP contribution in [0.25, 0.3) is 11.3 Å². The molecule has 0 bridgehead atoms. The molecule has 0 saturated carbocycles. The molecule has 1 aromatic heterocycles. The fraction of sp³-hybridized carbons (Fsp3) is 0.333. The number of nitrogens with two attached hydrogens (primary N) is 1. The van der Waals surface area contributed by atoms with Gasteiger partial charge in [-0.05, 0) is 24.1 Å². The molecule has 5 nitrogen and oxygen atoms in total. The van der Waals surface area contributed by atoms with Crippen molar-refractivity contribution < 1.29 is 4.79 Å². The van der Waals surface area contributed by atoms with Crippen LogP contribution in [0.4, 0.5) is 5.69 Å². The number of amides is 1. The molecule has 5 heteroatoms. The smallest absolute Gasteiger partial charge is 0.241 e. The molecule has 1 heterocycles. The Morgan fingerprint density at radius 3 is 2.90 bits per heavy atom. The van der Waals surface area contributed by atoms with Crippen LogP contribution in [0.1, 0.15) is 20.3 Å². The van der Waals surface area contributed by atoms with E-state index in [1.165, 1.54) is 0 Å². The molecule has 0 fully saturated rings. The van der Waals surface area contributed by atoms with Crippen molar-refractivity contribution in [1.82, 2.24) is 10.2 Å². The van der Waals surface area contributed by atoms with Crippen molar-refractivity contribution in [2.24, 2.45) is 11.7 Å². The molecule has 0 aliphatic rings. The Morgan fingerprint density at radius 1 is 1.45 bits per heavy atom. The largest absolute Gasteiger partial charge is 0.325 e. The number of carbonyl (C=O) groups is 1. The van der Waals surface area contributed by atoms with Crippen LogP contribution in [0.5, 0.6) is 0 Å². The summed E-state index contributed by atoms with van der Waals surface area (Å²) >= 11 is 0. The fourth-order valence-corrected chi connectivity index (χ4v) is 1.92. The number of hydrogen-bond acceptors (Lipinski definition) is 3. The van der Waals surface area contributed by atoms with Gasteiger partial charge in [-0.25, -0.2) is 0 Å². The third kappa shape index (κ3) is 3.24. The number of benzene rings is 1. The summed E-state index contributed by atoms with van der Waals surface area (Å²) in [6.07, 6.45) is 2.57. The summed E-state index contributed by atoms with van der Waals surface area (Å²) < 4.78 is 0. The summed E-state index contributed by atoms with van der Waals surface area (Å²) in [7, 11) is 0. The quantitative estimate of drug-likeness (QED) is 0.781. The second kappa shape index (κ2) is 6.34. The molecule has 0 radical (unpaired) electrons. The van der Waals surface area contributed by atoms with E-state index in [-0.39, 0.29) is 11.8 Å². The van der Waals surface area contributed by atoms with Gasteiger partial charge in [0.25, 0.3) is 0 Å². The van der Waals surface area contributed by atoms with E-state index < -0.39 is 6.04 Å². The van der Waals surface area contributed by atoms with Crippen LogP contribution in [0.3, 0.4) is 0 Å².